The Balaban J connectivity index is 2.94. The topological polar surface area (TPSA) is 35.5 Å². The highest BCUT2D eigenvalue weighted by molar-refractivity contribution is 5.91. The molecule has 0 saturated carbocycles. The van der Waals surface area contributed by atoms with Crippen LogP contribution in [0.15, 0.2) is 18.2 Å². The second kappa shape index (κ2) is 5.54. The van der Waals surface area contributed by atoms with E-state index in [0.717, 1.165) is 5.56 Å². The number of carbonyl (C=O) groups is 1. The molecule has 0 aliphatic carbocycles. The Morgan fingerprint density at radius 3 is 2.62 bits per heavy atom. The van der Waals surface area contributed by atoms with Crippen molar-refractivity contribution in [3.8, 4) is 5.75 Å². The van der Waals surface area contributed by atoms with E-state index < -0.39 is 0 Å². The van der Waals surface area contributed by atoms with E-state index in [4.69, 9.17) is 9.47 Å². The number of esters is 1. The molecule has 0 atom stereocenters. The van der Waals surface area contributed by atoms with Gasteiger partial charge >= 0.3 is 5.97 Å². The molecule has 0 aliphatic heterocycles. The molecule has 0 aliphatic rings. The predicted molar refractivity (Wildman–Crippen MR) is 62.9 cm³/mol. The maximum Gasteiger partial charge on any atom is 0.338 e. The summed E-state index contributed by atoms with van der Waals surface area (Å²) in [5, 5.41) is 0. The van der Waals surface area contributed by atoms with E-state index in [-0.39, 0.29) is 12.1 Å². The molecule has 3 heteroatoms. The summed E-state index contributed by atoms with van der Waals surface area (Å²) in [6.07, 6.45) is 0.0951. The predicted octanol–water partition coefficient (Wildman–Crippen LogP) is 2.96. The lowest BCUT2D eigenvalue weighted by Gasteiger charge is -2.12. The molecule has 1 aromatic rings. The highest BCUT2D eigenvalue weighted by atomic mass is 16.5. The van der Waals surface area contributed by atoms with Crippen molar-refractivity contribution in [1.82, 2.24) is 0 Å². The third-order valence-electron chi connectivity index (χ3n) is 2.08. The van der Waals surface area contributed by atoms with Gasteiger partial charge in [0.25, 0.3) is 0 Å². The number of ether oxygens (including phenoxy) is 2. The molecule has 1 aromatic carbocycles. The van der Waals surface area contributed by atoms with Gasteiger partial charge in [0.2, 0.25) is 0 Å². The molecular weight excluding hydrogens is 204 g/mol. The summed E-state index contributed by atoms with van der Waals surface area (Å²) < 4.78 is 10.5. The number of carbonyl (C=O) groups excluding carboxylic acids is 1. The fraction of sp³-hybridized carbons (Fsp3) is 0.462. The zero-order chi connectivity index (χ0) is 12.1. The van der Waals surface area contributed by atoms with Gasteiger partial charge in [0.05, 0.1) is 18.3 Å². The number of hydrogen-bond acceptors (Lipinski definition) is 3. The second-order valence-corrected chi connectivity index (χ2v) is 3.86. The lowest BCUT2D eigenvalue weighted by molar-refractivity contribution is 0.0524. The van der Waals surface area contributed by atoms with Crippen molar-refractivity contribution < 1.29 is 14.3 Å². The van der Waals surface area contributed by atoms with Gasteiger partial charge in [-0.25, -0.2) is 4.79 Å². The summed E-state index contributed by atoms with van der Waals surface area (Å²) >= 11 is 0. The second-order valence-electron chi connectivity index (χ2n) is 3.86. The van der Waals surface area contributed by atoms with Crippen molar-refractivity contribution in [3.63, 3.8) is 0 Å². The smallest absolute Gasteiger partial charge is 0.338 e. The van der Waals surface area contributed by atoms with Crippen LogP contribution in [0.3, 0.4) is 0 Å². The van der Waals surface area contributed by atoms with E-state index in [9.17, 15) is 4.79 Å². The van der Waals surface area contributed by atoms with Gasteiger partial charge in [-0.1, -0.05) is 6.07 Å². The first-order valence-electron chi connectivity index (χ1n) is 5.49. The van der Waals surface area contributed by atoms with Crippen molar-refractivity contribution in [3.05, 3.63) is 29.3 Å². The van der Waals surface area contributed by atoms with Crippen molar-refractivity contribution in [1.29, 1.82) is 0 Å². The number of aryl methyl sites for hydroxylation is 1. The van der Waals surface area contributed by atoms with Gasteiger partial charge in [-0.2, -0.15) is 0 Å². The van der Waals surface area contributed by atoms with E-state index >= 15 is 0 Å². The Morgan fingerprint density at radius 1 is 1.38 bits per heavy atom. The zero-order valence-electron chi connectivity index (χ0n) is 10.2. The van der Waals surface area contributed by atoms with Crippen LogP contribution in [-0.4, -0.2) is 18.7 Å². The van der Waals surface area contributed by atoms with Gasteiger partial charge in [-0.15, -0.1) is 0 Å². The number of rotatable bonds is 4. The monoisotopic (exact) mass is 222 g/mol. The van der Waals surface area contributed by atoms with Gasteiger partial charge in [-0.05, 0) is 45.4 Å². The van der Waals surface area contributed by atoms with Crippen LogP contribution < -0.4 is 4.74 Å². The Bertz CT molecular complexity index is 369. The summed E-state index contributed by atoms with van der Waals surface area (Å²) in [5.41, 5.74) is 1.47. The van der Waals surface area contributed by atoms with Crippen molar-refractivity contribution in [2.45, 2.75) is 33.8 Å². The summed E-state index contributed by atoms with van der Waals surface area (Å²) in [5.74, 6) is 0.401. The fourth-order valence-electron chi connectivity index (χ4n) is 1.38. The first kappa shape index (κ1) is 12.6. The number of benzene rings is 1. The van der Waals surface area contributed by atoms with Crippen LogP contribution in [0.2, 0.25) is 0 Å². The van der Waals surface area contributed by atoms with Crippen LogP contribution in [0.25, 0.3) is 0 Å². The minimum atomic E-state index is -0.297. The molecule has 0 unspecified atom stereocenters. The van der Waals surface area contributed by atoms with Crippen LogP contribution in [-0.2, 0) is 4.74 Å². The first-order chi connectivity index (χ1) is 7.54. The lowest BCUT2D eigenvalue weighted by Crippen LogP contribution is -2.09. The van der Waals surface area contributed by atoms with E-state index in [1.165, 1.54) is 0 Å². The van der Waals surface area contributed by atoms with Gasteiger partial charge < -0.3 is 9.47 Å². The third kappa shape index (κ3) is 3.26. The first-order valence-corrected chi connectivity index (χ1v) is 5.49. The average Bonchev–Trinajstić information content (AvgIpc) is 2.20. The SMILES string of the molecule is CCOC(=O)c1cc(OC(C)C)ccc1C. The van der Waals surface area contributed by atoms with Crippen molar-refractivity contribution in [2.75, 3.05) is 6.61 Å². The Labute approximate surface area is 96.4 Å². The fourth-order valence-corrected chi connectivity index (χ4v) is 1.38. The molecule has 88 valence electrons. The summed E-state index contributed by atoms with van der Waals surface area (Å²) in [4.78, 5) is 11.6. The molecular formula is C13H18O3. The Kier molecular flexibility index (Phi) is 4.35. The van der Waals surface area contributed by atoms with Crippen LogP contribution in [0.1, 0.15) is 36.7 Å². The minimum Gasteiger partial charge on any atom is -0.491 e. The van der Waals surface area contributed by atoms with Gasteiger partial charge in [-0.3, -0.25) is 0 Å². The van der Waals surface area contributed by atoms with Crippen molar-refractivity contribution >= 4 is 5.97 Å². The van der Waals surface area contributed by atoms with Crippen LogP contribution in [0, 0.1) is 6.92 Å². The lowest BCUT2D eigenvalue weighted by atomic mass is 10.1. The number of hydrogen-bond donors (Lipinski definition) is 0. The molecule has 16 heavy (non-hydrogen) atoms. The van der Waals surface area contributed by atoms with Crippen LogP contribution >= 0.6 is 0 Å². The normalized spacial score (nSPS) is 10.3. The molecule has 1 rings (SSSR count). The molecule has 0 radical (unpaired) electrons. The molecule has 0 aromatic heterocycles. The van der Waals surface area contributed by atoms with E-state index in [1.807, 2.05) is 32.9 Å². The average molecular weight is 222 g/mol. The van der Waals surface area contributed by atoms with Gasteiger partial charge in [0.15, 0.2) is 0 Å². The zero-order valence-corrected chi connectivity index (χ0v) is 10.2. The largest absolute Gasteiger partial charge is 0.491 e. The molecule has 0 bridgehead atoms. The van der Waals surface area contributed by atoms with Crippen LogP contribution in [0.4, 0.5) is 0 Å². The Hall–Kier alpha value is -1.51. The molecule has 0 amide bonds. The maximum atomic E-state index is 11.6. The van der Waals surface area contributed by atoms with E-state index in [2.05, 4.69) is 0 Å². The van der Waals surface area contributed by atoms with E-state index in [0.29, 0.717) is 17.9 Å². The quantitative estimate of drug-likeness (QED) is 0.735. The molecule has 0 spiro atoms. The summed E-state index contributed by atoms with van der Waals surface area (Å²) in [6.45, 7) is 7.95. The molecule has 0 heterocycles. The van der Waals surface area contributed by atoms with Gasteiger partial charge in [0.1, 0.15) is 5.75 Å². The molecule has 0 fully saturated rings. The molecule has 3 nitrogen and oxygen atoms in total. The standard InChI is InChI=1S/C13H18O3/c1-5-15-13(14)12-8-11(16-9(2)3)7-6-10(12)4/h6-9H,5H2,1-4H3. The van der Waals surface area contributed by atoms with Crippen LogP contribution in [0.5, 0.6) is 5.75 Å². The molecule has 0 saturated heterocycles. The minimum absolute atomic E-state index is 0.0951. The van der Waals surface area contributed by atoms with Crippen molar-refractivity contribution in [2.24, 2.45) is 0 Å². The van der Waals surface area contributed by atoms with E-state index in [1.54, 1.807) is 13.0 Å². The summed E-state index contributed by atoms with van der Waals surface area (Å²) in [7, 11) is 0. The summed E-state index contributed by atoms with van der Waals surface area (Å²) in [6, 6.07) is 5.45. The Morgan fingerprint density at radius 2 is 2.06 bits per heavy atom. The highest BCUT2D eigenvalue weighted by Gasteiger charge is 2.11. The highest BCUT2D eigenvalue weighted by Crippen LogP contribution is 2.19. The van der Waals surface area contributed by atoms with Gasteiger partial charge in [0, 0.05) is 0 Å². The molecule has 0 N–H and O–H groups in total. The maximum absolute atomic E-state index is 11.6. The third-order valence-corrected chi connectivity index (χ3v) is 2.08.